The highest BCUT2D eigenvalue weighted by Gasteiger charge is 2.40. The van der Waals surface area contributed by atoms with Crippen molar-refractivity contribution in [1.82, 2.24) is 0 Å². The van der Waals surface area contributed by atoms with Gasteiger partial charge in [-0.15, -0.1) is 0 Å². The number of benzene rings is 3. The van der Waals surface area contributed by atoms with Crippen LogP contribution in [0, 0.1) is 11.2 Å². The van der Waals surface area contributed by atoms with E-state index in [-0.39, 0.29) is 5.91 Å². The fraction of sp³-hybridized carbons (Fsp3) is 0.290. The maximum Gasteiger partial charge on any atom is 0.328 e. The van der Waals surface area contributed by atoms with Crippen LogP contribution < -0.4 is 10.2 Å². The van der Waals surface area contributed by atoms with E-state index in [9.17, 15) is 14.0 Å². The molecule has 7 heteroatoms. The molecule has 0 aromatic heterocycles. The van der Waals surface area contributed by atoms with Gasteiger partial charge in [-0.25, -0.2) is 9.18 Å². The molecule has 0 unspecified atom stereocenters. The van der Waals surface area contributed by atoms with Gasteiger partial charge in [0.05, 0.1) is 5.41 Å². The summed E-state index contributed by atoms with van der Waals surface area (Å²) >= 11 is 6.76. The fourth-order valence-corrected chi connectivity index (χ4v) is 5.36. The second kappa shape index (κ2) is 11.8. The number of nitrogens with zero attached hydrogens (tertiary/aromatic N) is 1. The number of rotatable bonds is 8. The van der Waals surface area contributed by atoms with Crippen molar-refractivity contribution in [2.45, 2.75) is 38.5 Å². The highest BCUT2D eigenvalue weighted by molar-refractivity contribution is 6.31. The molecule has 1 aliphatic carbocycles. The molecule has 0 atom stereocenters. The van der Waals surface area contributed by atoms with Gasteiger partial charge in [0, 0.05) is 36.6 Å². The number of nitrogens with one attached hydrogen (secondary N) is 1. The maximum absolute atomic E-state index is 14.2. The molecule has 1 saturated carbocycles. The lowest BCUT2D eigenvalue weighted by Gasteiger charge is -2.36. The number of hydrogen-bond donors (Lipinski definition) is 2. The van der Waals surface area contributed by atoms with Gasteiger partial charge < -0.3 is 15.3 Å². The predicted octanol–water partition coefficient (Wildman–Crippen LogP) is 7.44. The van der Waals surface area contributed by atoms with Gasteiger partial charge in [0.15, 0.2) is 0 Å². The van der Waals surface area contributed by atoms with Crippen LogP contribution in [-0.2, 0) is 16.0 Å². The molecule has 1 amide bonds. The molecule has 1 aliphatic rings. The Balaban J connectivity index is 1.57. The smallest absolute Gasteiger partial charge is 0.328 e. The molecule has 38 heavy (non-hydrogen) atoms. The monoisotopic (exact) mass is 534 g/mol. The number of hydrogen-bond acceptors (Lipinski definition) is 3. The number of carboxylic acid groups (broad SMARTS) is 1. The summed E-state index contributed by atoms with van der Waals surface area (Å²) in [4.78, 5) is 26.6. The average molecular weight is 535 g/mol. The Bertz CT molecular complexity index is 1350. The summed E-state index contributed by atoms with van der Waals surface area (Å²) in [7, 11) is 4.00. The number of aliphatic carboxylic acids is 1. The number of amides is 1. The van der Waals surface area contributed by atoms with E-state index in [2.05, 4.69) is 29.6 Å². The van der Waals surface area contributed by atoms with Crippen LogP contribution in [-0.4, -0.2) is 31.1 Å². The normalized spacial score (nSPS) is 14.8. The van der Waals surface area contributed by atoms with Gasteiger partial charge in [-0.3, -0.25) is 4.79 Å². The van der Waals surface area contributed by atoms with Gasteiger partial charge >= 0.3 is 5.97 Å². The Morgan fingerprint density at radius 1 is 1.00 bits per heavy atom. The first-order valence-electron chi connectivity index (χ1n) is 12.7. The van der Waals surface area contributed by atoms with E-state index in [1.54, 1.807) is 6.07 Å². The molecule has 5 nitrogen and oxygen atoms in total. The van der Waals surface area contributed by atoms with Crippen molar-refractivity contribution >= 4 is 40.9 Å². The third-order valence-electron chi connectivity index (χ3n) is 7.19. The predicted molar refractivity (Wildman–Crippen MR) is 152 cm³/mol. The lowest BCUT2D eigenvalue weighted by Crippen LogP contribution is -2.40. The third kappa shape index (κ3) is 6.62. The van der Waals surface area contributed by atoms with Crippen LogP contribution in [0.15, 0.2) is 66.7 Å². The first-order chi connectivity index (χ1) is 18.1. The Kier molecular flexibility index (Phi) is 8.52. The summed E-state index contributed by atoms with van der Waals surface area (Å²) < 4.78 is 14.2. The summed E-state index contributed by atoms with van der Waals surface area (Å²) in [6.45, 7) is 0. The Hall–Kier alpha value is -3.64. The molecule has 4 rings (SSSR count). The molecule has 2 N–H and O–H groups in total. The van der Waals surface area contributed by atoms with Gasteiger partial charge in [-0.1, -0.05) is 55.1 Å². The number of carbonyl (C=O) groups is 2. The van der Waals surface area contributed by atoms with Crippen molar-refractivity contribution < 1.29 is 19.1 Å². The van der Waals surface area contributed by atoms with Crippen LogP contribution in [0.4, 0.5) is 15.8 Å². The van der Waals surface area contributed by atoms with Crippen LogP contribution in [0.5, 0.6) is 0 Å². The van der Waals surface area contributed by atoms with Crippen LogP contribution in [0.2, 0.25) is 5.02 Å². The third-order valence-corrected chi connectivity index (χ3v) is 7.54. The summed E-state index contributed by atoms with van der Waals surface area (Å²) in [6.07, 6.45) is 7.06. The lowest BCUT2D eigenvalue weighted by atomic mass is 9.69. The number of anilines is 2. The van der Waals surface area contributed by atoms with Crippen molar-refractivity contribution in [3.05, 3.63) is 88.7 Å². The molecule has 1 fully saturated rings. The first kappa shape index (κ1) is 27.4. The summed E-state index contributed by atoms with van der Waals surface area (Å²) in [5, 5.41) is 12.4. The van der Waals surface area contributed by atoms with E-state index in [0.29, 0.717) is 35.5 Å². The van der Waals surface area contributed by atoms with Crippen molar-refractivity contribution in [3.8, 4) is 11.1 Å². The molecule has 3 aromatic carbocycles. The number of carbonyl (C=O) groups excluding carboxylic acids is 1. The lowest BCUT2D eigenvalue weighted by molar-refractivity contribution is -0.131. The number of carboxylic acids is 1. The standard InChI is InChI=1S/C31H32ClFN2O3/c1-35(2)27-11-9-22(10-12-27)23-7-8-24(28(32)18-23)20-31(14-4-3-5-15-31)30(38)34-26-17-21(6-13-29(36)37)16-25(33)19-26/h6-13,16-19H,3-5,14-15,20H2,1-2H3,(H,34,38)(H,36,37)/b13-6+. The summed E-state index contributed by atoms with van der Waals surface area (Å²) in [5.74, 6) is -1.85. The molecule has 0 saturated heterocycles. The topological polar surface area (TPSA) is 69.6 Å². The fourth-order valence-electron chi connectivity index (χ4n) is 5.11. The minimum atomic E-state index is -1.13. The van der Waals surface area contributed by atoms with E-state index in [1.165, 1.54) is 18.2 Å². The van der Waals surface area contributed by atoms with Gasteiger partial charge in [-0.05, 0) is 84.0 Å². The van der Waals surface area contributed by atoms with E-state index >= 15 is 0 Å². The molecular formula is C31H32ClFN2O3. The van der Waals surface area contributed by atoms with E-state index in [0.717, 1.165) is 47.7 Å². The highest BCUT2D eigenvalue weighted by Crippen LogP contribution is 2.42. The van der Waals surface area contributed by atoms with Crippen molar-refractivity contribution in [2.75, 3.05) is 24.3 Å². The molecule has 0 heterocycles. The molecular weight excluding hydrogens is 503 g/mol. The van der Waals surface area contributed by atoms with Gasteiger partial charge in [0.25, 0.3) is 0 Å². The van der Waals surface area contributed by atoms with E-state index in [4.69, 9.17) is 16.7 Å². The second-order valence-electron chi connectivity index (χ2n) is 10.2. The summed E-state index contributed by atoms with van der Waals surface area (Å²) in [6, 6.07) is 18.3. The van der Waals surface area contributed by atoms with Crippen LogP contribution >= 0.6 is 11.6 Å². The van der Waals surface area contributed by atoms with Gasteiger partial charge in [-0.2, -0.15) is 0 Å². The van der Waals surface area contributed by atoms with E-state index in [1.807, 2.05) is 37.2 Å². The van der Waals surface area contributed by atoms with Crippen molar-refractivity contribution in [1.29, 1.82) is 0 Å². The average Bonchev–Trinajstić information content (AvgIpc) is 2.89. The Morgan fingerprint density at radius 3 is 2.32 bits per heavy atom. The van der Waals surface area contributed by atoms with E-state index < -0.39 is 17.2 Å². The Labute approximate surface area is 227 Å². The highest BCUT2D eigenvalue weighted by atomic mass is 35.5. The van der Waals surface area contributed by atoms with Gasteiger partial charge in [0.2, 0.25) is 5.91 Å². The zero-order valence-corrected chi connectivity index (χ0v) is 22.4. The molecule has 3 aromatic rings. The SMILES string of the molecule is CN(C)c1ccc(-c2ccc(CC3(C(=O)Nc4cc(F)cc(/C=C/C(=O)O)c4)CCCCC3)c(Cl)c2)cc1. The quantitative estimate of drug-likeness (QED) is 0.295. The van der Waals surface area contributed by atoms with Crippen molar-refractivity contribution in [3.63, 3.8) is 0 Å². The summed E-state index contributed by atoms with van der Waals surface area (Å²) in [5.41, 5.74) is 4.08. The van der Waals surface area contributed by atoms with Gasteiger partial charge in [0.1, 0.15) is 5.82 Å². The number of halogens is 2. The van der Waals surface area contributed by atoms with Crippen LogP contribution in [0.3, 0.4) is 0 Å². The van der Waals surface area contributed by atoms with Crippen LogP contribution in [0.25, 0.3) is 17.2 Å². The first-order valence-corrected chi connectivity index (χ1v) is 13.1. The maximum atomic E-state index is 14.2. The molecule has 0 spiro atoms. The second-order valence-corrected chi connectivity index (χ2v) is 10.6. The molecule has 0 aliphatic heterocycles. The van der Waals surface area contributed by atoms with Crippen LogP contribution in [0.1, 0.15) is 43.2 Å². The Morgan fingerprint density at radius 2 is 1.68 bits per heavy atom. The van der Waals surface area contributed by atoms with Crippen molar-refractivity contribution in [2.24, 2.45) is 5.41 Å². The molecule has 198 valence electrons. The largest absolute Gasteiger partial charge is 0.478 e. The molecule has 0 bridgehead atoms. The zero-order valence-electron chi connectivity index (χ0n) is 21.6. The zero-order chi connectivity index (χ0) is 27.3. The minimum absolute atomic E-state index is 0.171. The molecule has 0 radical (unpaired) electrons. The minimum Gasteiger partial charge on any atom is -0.478 e.